The standard InChI is InChI=1S/C13H13N3O/c14-9-12-7-10(4-6-16-12)13(17)8-11-3-1-2-5-15-11/h1-7H,8-9,14H2. The summed E-state index contributed by atoms with van der Waals surface area (Å²) in [6, 6.07) is 8.96. The van der Waals surface area contributed by atoms with Crippen molar-refractivity contribution in [3.63, 3.8) is 0 Å². The van der Waals surface area contributed by atoms with Crippen LogP contribution >= 0.6 is 0 Å². The predicted molar refractivity (Wildman–Crippen MR) is 64.4 cm³/mol. The van der Waals surface area contributed by atoms with Crippen molar-refractivity contribution in [1.82, 2.24) is 9.97 Å². The second kappa shape index (κ2) is 5.32. The fourth-order valence-corrected chi connectivity index (χ4v) is 1.53. The van der Waals surface area contributed by atoms with Gasteiger partial charge >= 0.3 is 0 Å². The lowest BCUT2D eigenvalue weighted by atomic mass is 10.1. The lowest BCUT2D eigenvalue weighted by molar-refractivity contribution is 0.0991. The Balaban J connectivity index is 2.14. The number of rotatable bonds is 4. The summed E-state index contributed by atoms with van der Waals surface area (Å²) in [7, 11) is 0. The van der Waals surface area contributed by atoms with Crippen LogP contribution in [-0.4, -0.2) is 15.8 Å². The lowest BCUT2D eigenvalue weighted by Crippen LogP contribution is -2.07. The number of pyridine rings is 2. The molecule has 0 aliphatic carbocycles. The molecule has 2 N–H and O–H groups in total. The first-order valence-corrected chi connectivity index (χ1v) is 5.37. The number of aromatic nitrogens is 2. The summed E-state index contributed by atoms with van der Waals surface area (Å²) < 4.78 is 0. The third-order valence-electron chi connectivity index (χ3n) is 2.42. The molecule has 4 heteroatoms. The van der Waals surface area contributed by atoms with E-state index in [0.717, 1.165) is 11.4 Å². The molecule has 0 radical (unpaired) electrons. The summed E-state index contributed by atoms with van der Waals surface area (Å²) in [5, 5.41) is 0. The predicted octanol–water partition coefficient (Wildman–Crippen LogP) is 1.36. The van der Waals surface area contributed by atoms with Crippen LogP contribution < -0.4 is 5.73 Å². The Bertz CT molecular complexity index is 511. The highest BCUT2D eigenvalue weighted by Gasteiger charge is 2.08. The van der Waals surface area contributed by atoms with Gasteiger partial charge in [0.2, 0.25) is 0 Å². The van der Waals surface area contributed by atoms with E-state index in [1.807, 2.05) is 18.2 Å². The smallest absolute Gasteiger partial charge is 0.168 e. The summed E-state index contributed by atoms with van der Waals surface area (Å²) >= 11 is 0. The fourth-order valence-electron chi connectivity index (χ4n) is 1.53. The summed E-state index contributed by atoms with van der Waals surface area (Å²) in [5.41, 5.74) is 7.60. The molecule has 0 saturated heterocycles. The van der Waals surface area contributed by atoms with E-state index in [9.17, 15) is 4.79 Å². The second-order valence-electron chi connectivity index (χ2n) is 3.66. The van der Waals surface area contributed by atoms with Crippen LogP contribution in [0.5, 0.6) is 0 Å². The van der Waals surface area contributed by atoms with E-state index in [0.29, 0.717) is 18.5 Å². The molecule has 0 unspecified atom stereocenters. The number of nitrogens with zero attached hydrogens (tertiary/aromatic N) is 2. The Hall–Kier alpha value is -2.07. The Morgan fingerprint density at radius 1 is 1.12 bits per heavy atom. The van der Waals surface area contributed by atoms with E-state index in [1.54, 1.807) is 24.5 Å². The quantitative estimate of drug-likeness (QED) is 0.801. The number of nitrogens with two attached hydrogens (primary N) is 1. The molecule has 0 spiro atoms. The molecule has 4 nitrogen and oxygen atoms in total. The van der Waals surface area contributed by atoms with Gasteiger partial charge in [0.15, 0.2) is 5.78 Å². The first kappa shape index (κ1) is 11.4. The van der Waals surface area contributed by atoms with Gasteiger partial charge in [-0.3, -0.25) is 14.8 Å². The van der Waals surface area contributed by atoms with Gasteiger partial charge in [-0.2, -0.15) is 0 Å². The normalized spacial score (nSPS) is 10.2. The number of carbonyl (C=O) groups excluding carboxylic acids is 1. The molecule has 2 aromatic rings. The maximum Gasteiger partial charge on any atom is 0.168 e. The zero-order valence-corrected chi connectivity index (χ0v) is 9.34. The molecule has 0 atom stereocenters. The van der Waals surface area contributed by atoms with Crippen molar-refractivity contribution in [3.05, 3.63) is 59.7 Å². The maximum absolute atomic E-state index is 12.0. The molecule has 0 saturated carbocycles. The number of ketones is 1. The van der Waals surface area contributed by atoms with Gasteiger partial charge in [0.25, 0.3) is 0 Å². The number of hydrogen-bond donors (Lipinski definition) is 1. The molecule has 2 heterocycles. The largest absolute Gasteiger partial charge is 0.325 e. The van der Waals surface area contributed by atoms with Crippen LogP contribution in [0.2, 0.25) is 0 Å². The Morgan fingerprint density at radius 2 is 1.94 bits per heavy atom. The highest BCUT2D eigenvalue weighted by Crippen LogP contribution is 2.06. The van der Waals surface area contributed by atoms with Crippen molar-refractivity contribution in [2.75, 3.05) is 0 Å². The van der Waals surface area contributed by atoms with Crippen molar-refractivity contribution < 1.29 is 4.79 Å². The van der Waals surface area contributed by atoms with E-state index in [1.165, 1.54) is 0 Å². The Morgan fingerprint density at radius 3 is 2.65 bits per heavy atom. The van der Waals surface area contributed by atoms with Crippen LogP contribution in [0.15, 0.2) is 42.7 Å². The van der Waals surface area contributed by atoms with Gasteiger partial charge in [0.1, 0.15) is 0 Å². The van der Waals surface area contributed by atoms with Crippen LogP contribution in [-0.2, 0) is 13.0 Å². The van der Waals surface area contributed by atoms with Gasteiger partial charge in [-0.1, -0.05) is 6.07 Å². The Kier molecular flexibility index (Phi) is 3.57. The third kappa shape index (κ3) is 2.95. The summed E-state index contributed by atoms with van der Waals surface area (Å²) in [6.45, 7) is 0.338. The summed E-state index contributed by atoms with van der Waals surface area (Å²) in [4.78, 5) is 20.2. The van der Waals surface area contributed by atoms with E-state index in [-0.39, 0.29) is 5.78 Å². The first-order valence-electron chi connectivity index (χ1n) is 5.37. The molecule has 0 aromatic carbocycles. The zero-order valence-electron chi connectivity index (χ0n) is 9.34. The molecule has 0 fully saturated rings. The lowest BCUT2D eigenvalue weighted by Gasteiger charge is -2.02. The van der Waals surface area contributed by atoms with Crippen molar-refractivity contribution in [2.45, 2.75) is 13.0 Å². The van der Waals surface area contributed by atoms with Crippen LogP contribution in [0.4, 0.5) is 0 Å². The van der Waals surface area contributed by atoms with Gasteiger partial charge < -0.3 is 5.73 Å². The molecule has 0 aliphatic rings. The van der Waals surface area contributed by atoms with Gasteiger partial charge in [-0.15, -0.1) is 0 Å². The van der Waals surface area contributed by atoms with E-state index >= 15 is 0 Å². The highest BCUT2D eigenvalue weighted by molar-refractivity contribution is 5.97. The summed E-state index contributed by atoms with van der Waals surface area (Å²) in [6.07, 6.45) is 3.59. The fraction of sp³-hybridized carbons (Fsp3) is 0.154. The van der Waals surface area contributed by atoms with Gasteiger partial charge in [0.05, 0.1) is 12.1 Å². The molecular weight excluding hydrogens is 214 g/mol. The van der Waals surface area contributed by atoms with Crippen LogP contribution in [0.3, 0.4) is 0 Å². The van der Waals surface area contributed by atoms with Crippen LogP contribution in [0, 0.1) is 0 Å². The number of carbonyl (C=O) groups is 1. The average Bonchev–Trinajstić information content (AvgIpc) is 2.40. The minimum absolute atomic E-state index is 0.0285. The summed E-state index contributed by atoms with van der Waals surface area (Å²) in [5.74, 6) is 0.0285. The van der Waals surface area contributed by atoms with Crippen molar-refractivity contribution in [2.24, 2.45) is 5.73 Å². The van der Waals surface area contributed by atoms with E-state index in [2.05, 4.69) is 9.97 Å². The second-order valence-corrected chi connectivity index (χ2v) is 3.66. The van der Waals surface area contributed by atoms with Crippen molar-refractivity contribution in [3.8, 4) is 0 Å². The zero-order chi connectivity index (χ0) is 12.1. The third-order valence-corrected chi connectivity index (χ3v) is 2.42. The molecule has 86 valence electrons. The molecule has 0 amide bonds. The van der Waals surface area contributed by atoms with Crippen LogP contribution in [0.25, 0.3) is 0 Å². The topological polar surface area (TPSA) is 68.9 Å². The number of Topliss-reactive ketones (excluding diaryl/α,β-unsaturated/α-hetero) is 1. The molecular formula is C13H13N3O. The van der Waals surface area contributed by atoms with Crippen LogP contribution in [0.1, 0.15) is 21.7 Å². The number of hydrogen-bond acceptors (Lipinski definition) is 4. The SMILES string of the molecule is NCc1cc(C(=O)Cc2ccccn2)ccn1. The first-order chi connectivity index (χ1) is 8.29. The monoisotopic (exact) mass is 227 g/mol. The maximum atomic E-state index is 12.0. The molecule has 2 aromatic heterocycles. The average molecular weight is 227 g/mol. The minimum Gasteiger partial charge on any atom is -0.325 e. The minimum atomic E-state index is 0.0285. The molecule has 0 bridgehead atoms. The molecule has 17 heavy (non-hydrogen) atoms. The highest BCUT2D eigenvalue weighted by atomic mass is 16.1. The van der Waals surface area contributed by atoms with Crippen molar-refractivity contribution in [1.29, 1.82) is 0 Å². The molecule has 2 rings (SSSR count). The Labute approximate surface area is 99.5 Å². The van der Waals surface area contributed by atoms with E-state index in [4.69, 9.17) is 5.73 Å². The van der Waals surface area contributed by atoms with Gasteiger partial charge in [-0.25, -0.2) is 0 Å². The van der Waals surface area contributed by atoms with Gasteiger partial charge in [0, 0.05) is 30.2 Å². The molecule has 0 aliphatic heterocycles. The van der Waals surface area contributed by atoms with E-state index < -0.39 is 0 Å². The van der Waals surface area contributed by atoms with Crippen molar-refractivity contribution >= 4 is 5.78 Å². The van der Waals surface area contributed by atoms with Gasteiger partial charge in [-0.05, 0) is 24.3 Å².